The van der Waals surface area contributed by atoms with Crippen molar-refractivity contribution in [3.63, 3.8) is 0 Å². The predicted octanol–water partition coefficient (Wildman–Crippen LogP) is 3.42. The highest BCUT2D eigenvalue weighted by molar-refractivity contribution is 6.18. The molecule has 0 bridgehead atoms. The van der Waals surface area contributed by atoms with E-state index in [1.54, 1.807) is 18.2 Å². The lowest BCUT2D eigenvalue weighted by Gasteiger charge is -2.16. The van der Waals surface area contributed by atoms with Crippen molar-refractivity contribution in [2.24, 2.45) is 0 Å². The first-order chi connectivity index (χ1) is 14.7. The second kappa shape index (κ2) is 6.03. The van der Waals surface area contributed by atoms with Gasteiger partial charge in [0, 0.05) is 16.5 Å². The molecule has 0 radical (unpaired) electrons. The zero-order valence-electron chi connectivity index (χ0n) is 15.8. The number of hydrogen-bond acceptors (Lipinski definition) is 8. The molecule has 3 aliphatic rings. The van der Waals surface area contributed by atoms with E-state index >= 15 is 0 Å². The maximum absolute atomic E-state index is 12.7. The molecule has 0 aliphatic carbocycles. The summed E-state index contributed by atoms with van der Waals surface area (Å²) in [5.41, 5.74) is 2.48. The minimum absolute atomic E-state index is 0.0134. The Morgan fingerprint density at radius 1 is 0.833 bits per heavy atom. The van der Waals surface area contributed by atoms with E-state index in [4.69, 9.17) is 28.4 Å². The van der Waals surface area contributed by atoms with E-state index in [1.807, 2.05) is 12.1 Å². The maximum Gasteiger partial charge on any atom is 0.339 e. The van der Waals surface area contributed by atoms with Crippen LogP contribution >= 0.6 is 0 Å². The average molecular weight is 406 g/mol. The smallest absolute Gasteiger partial charge is 0.339 e. The van der Waals surface area contributed by atoms with Gasteiger partial charge in [-0.15, -0.1) is 0 Å². The van der Waals surface area contributed by atoms with Crippen LogP contribution in [0.5, 0.6) is 23.0 Å². The Morgan fingerprint density at radius 2 is 1.50 bits per heavy atom. The normalized spacial score (nSPS) is 15.3. The molecule has 3 aliphatic heterocycles. The van der Waals surface area contributed by atoms with Crippen LogP contribution in [0, 0.1) is 0 Å². The summed E-state index contributed by atoms with van der Waals surface area (Å²) in [6.45, 7) is 0.209. The number of esters is 2. The van der Waals surface area contributed by atoms with Gasteiger partial charge < -0.3 is 28.4 Å². The summed E-state index contributed by atoms with van der Waals surface area (Å²) < 4.78 is 32.3. The van der Waals surface area contributed by atoms with Gasteiger partial charge in [0.05, 0.1) is 18.2 Å². The van der Waals surface area contributed by atoms with Gasteiger partial charge in [0.15, 0.2) is 23.0 Å². The van der Waals surface area contributed by atoms with E-state index in [9.17, 15) is 9.59 Å². The van der Waals surface area contributed by atoms with Crippen molar-refractivity contribution < 1.29 is 38.0 Å². The lowest BCUT2D eigenvalue weighted by atomic mass is 9.86. The van der Waals surface area contributed by atoms with E-state index in [0.29, 0.717) is 50.5 Å². The number of hydrogen-bond donors (Lipinski definition) is 0. The Labute approximate surface area is 169 Å². The number of methoxy groups -OCH3 is 1. The maximum atomic E-state index is 12.7. The monoisotopic (exact) mass is 406 g/mol. The van der Waals surface area contributed by atoms with Gasteiger partial charge >= 0.3 is 11.9 Å². The van der Waals surface area contributed by atoms with Crippen LogP contribution < -0.4 is 18.9 Å². The quantitative estimate of drug-likeness (QED) is 0.598. The molecule has 0 atom stereocenters. The summed E-state index contributed by atoms with van der Waals surface area (Å²) in [5, 5.41) is 1.24. The lowest BCUT2D eigenvalue weighted by molar-refractivity contribution is 0.0525. The van der Waals surface area contributed by atoms with Crippen LogP contribution in [0.3, 0.4) is 0 Å². The molecular formula is C22H14O8. The fraction of sp³-hybridized carbons (Fsp3) is 0.182. The fourth-order valence-corrected chi connectivity index (χ4v) is 4.20. The highest BCUT2D eigenvalue weighted by Crippen LogP contribution is 2.47. The Balaban J connectivity index is 1.75. The first-order valence-corrected chi connectivity index (χ1v) is 9.23. The molecule has 3 aromatic rings. The van der Waals surface area contributed by atoms with Gasteiger partial charge in [-0.3, -0.25) is 0 Å². The molecule has 0 spiro atoms. The van der Waals surface area contributed by atoms with Crippen molar-refractivity contribution in [2.75, 3.05) is 20.7 Å². The summed E-state index contributed by atoms with van der Waals surface area (Å²) in [5.74, 6) is 1.22. The lowest BCUT2D eigenvalue weighted by Crippen LogP contribution is -2.09. The molecular weight excluding hydrogens is 392 g/mol. The third-order valence-electron chi connectivity index (χ3n) is 5.51. The molecule has 8 nitrogen and oxygen atoms in total. The van der Waals surface area contributed by atoms with Gasteiger partial charge in [0.2, 0.25) is 13.6 Å². The highest BCUT2D eigenvalue weighted by atomic mass is 16.7. The average Bonchev–Trinajstić information content (AvgIpc) is 3.49. The second-order valence-corrected chi connectivity index (χ2v) is 6.99. The summed E-state index contributed by atoms with van der Waals surface area (Å²) in [6.07, 6.45) is 0. The van der Waals surface area contributed by atoms with Crippen LogP contribution in [0.1, 0.15) is 26.3 Å². The van der Waals surface area contributed by atoms with Crippen LogP contribution in [0.15, 0.2) is 30.3 Å². The van der Waals surface area contributed by atoms with Crippen molar-refractivity contribution in [3.8, 4) is 34.1 Å². The van der Waals surface area contributed by atoms with Crippen LogP contribution in [0.2, 0.25) is 0 Å². The molecule has 150 valence electrons. The minimum Gasteiger partial charge on any atom is -0.465 e. The molecule has 0 unspecified atom stereocenters. The van der Waals surface area contributed by atoms with Crippen molar-refractivity contribution in [1.82, 2.24) is 0 Å². The van der Waals surface area contributed by atoms with E-state index in [-0.39, 0.29) is 25.8 Å². The number of carbonyl (C=O) groups excluding carboxylic acids is 2. The Bertz CT molecular complexity index is 1280. The number of fused-ring (bicyclic) bond motifs is 4. The topological polar surface area (TPSA) is 89.5 Å². The first kappa shape index (κ1) is 17.0. The first-order valence-electron chi connectivity index (χ1n) is 9.23. The predicted molar refractivity (Wildman–Crippen MR) is 102 cm³/mol. The summed E-state index contributed by atoms with van der Waals surface area (Å²) >= 11 is 0. The number of benzene rings is 3. The number of rotatable bonds is 2. The van der Waals surface area contributed by atoms with Gasteiger partial charge in [-0.05, 0) is 35.2 Å². The molecule has 3 heterocycles. The second-order valence-electron chi connectivity index (χ2n) is 6.99. The SMILES string of the molecule is COC(=O)c1c2c(c(-c3ccc4c(c3)OCO4)c3cc4c(cc13)OCO4)C(=O)OC2. The van der Waals surface area contributed by atoms with Gasteiger partial charge in [-0.25, -0.2) is 9.59 Å². The third kappa shape index (κ3) is 2.21. The van der Waals surface area contributed by atoms with Crippen molar-refractivity contribution >= 4 is 22.7 Å². The number of ether oxygens (including phenoxy) is 6. The van der Waals surface area contributed by atoms with Gasteiger partial charge in [0.25, 0.3) is 0 Å². The molecule has 0 saturated carbocycles. The van der Waals surface area contributed by atoms with E-state index in [0.717, 1.165) is 5.56 Å². The van der Waals surface area contributed by atoms with Crippen LogP contribution in [0.25, 0.3) is 21.9 Å². The van der Waals surface area contributed by atoms with Gasteiger partial charge in [0.1, 0.15) is 6.61 Å². The number of cyclic esters (lactones) is 1. The van der Waals surface area contributed by atoms with Crippen LogP contribution in [-0.4, -0.2) is 32.6 Å². The molecule has 0 N–H and O–H groups in total. The number of carbonyl (C=O) groups is 2. The summed E-state index contributed by atoms with van der Waals surface area (Å²) in [7, 11) is 1.30. The largest absolute Gasteiger partial charge is 0.465 e. The Morgan fingerprint density at radius 3 is 2.23 bits per heavy atom. The molecule has 0 amide bonds. The standard InChI is InChI=1S/C22H14O8/c1-25-21(23)19-12-6-17-16(29-9-30-17)5-11(12)18(20-13(19)7-26-22(20)24)10-2-3-14-15(4-10)28-8-27-14/h2-6H,7-9H2,1H3. The zero-order chi connectivity index (χ0) is 20.4. The zero-order valence-corrected chi connectivity index (χ0v) is 15.8. The third-order valence-corrected chi connectivity index (χ3v) is 5.51. The Kier molecular flexibility index (Phi) is 3.41. The van der Waals surface area contributed by atoms with Crippen molar-refractivity contribution in [1.29, 1.82) is 0 Å². The molecule has 30 heavy (non-hydrogen) atoms. The fourth-order valence-electron chi connectivity index (χ4n) is 4.20. The van der Waals surface area contributed by atoms with E-state index < -0.39 is 11.9 Å². The van der Waals surface area contributed by atoms with Crippen molar-refractivity contribution in [2.45, 2.75) is 6.61 Å². The van der Waals surface area contributed by atoms with Crippen LogP contribution in [0.4, 0.5) is 0 Å². The molecule has 6 rings (SSSR count). The molecule has 8 heteroatoms. The molecule has 3 aromatic carbocycles. The Hall–Kier alpha value is -3.94. The van der Waals surface area contributed by atoms with Crippen molar-refractivity contribution in [3.05, 3.63) is 47.0 Å². The molecule has 0 fully saturated rings. The molecule has 0 aromatic heterocycles. The summed E-state index contributed by atoms with van der Waals surface area (Å²) in [4.78, 5) is 25.4. The minimum atomic E-state index is -0.550. The van der Waals surface area contributed by atoms with Gasteiger partial charge in [-0.1, -0.05) is 6.07 Å². The molecule has 0 saturated heterocycles. The van der Waals surface area contributed by atoms with E-state index in [2.05, 4.69) is 0 Å². The van der Waals surface area contributed by atoms with E-state index in [1.165, 1.54) is 7.11 Å². The van der Waals surface area contributed by atoms with Crippen LogP contribution in [-0.2, 0) is 16.1 Å². The summed E-state index contributed by atoms with van der Waals surface area (Å²) in [6, 6.07) is 8.96. The highest BCUT2D eigenvalue weighted by Gasteiger charge is 2.35. The van der Waals surface area contributed by atoms with Gasteiger partial charge in [-0.2, -0.15) is 0 Å².